The summed E-state index contributed by atoms with van der Waals surface area (Å²) in [4.78, 5) is 41.7. The normalized spacial score (nSPS) is 18.9. The monoisotopic (exact) mass is 476 g/mol. The molecule has 176 valence electrons. The lowest BCUT2D eigenvalue weighted by Gasteiger charge is -2.48. The zero-order valence-corrected chi connectivity index (χ0v) is 20.1. The second-order valence-electron chi connectivity index (χ2n) is 8.70. The highest BCUT2D eigenvalue weighted by Crippen LogP contribution is 2.44. The largest absolute Gasteiger partial charge is 0.355 e. The first kappa shape index (κ1) is 23.8. The van der Waals surface area contributed by atoms with E-state index in [0.29, 0.717) is 55.6 Å². The molecular formula is C26H28N4O3S. The van der Waals surface area contributed by atoms with Crippen molar-refractivity contribution >= 4 is 35.2 Å². The lowest BCUT2D eigenvalue weighted by molar-refractivity contribution is -0.121. The molecule has 2 heterocycles. The van der Waals surface area contributed by atoms with Gasteiger partial charge < -0.3 is 10.2 Å². The molecule has 8 heteroatoms. The number of carbonyl (C=O) groups is 3. The van der Waals surface area contributed by atoms with Crippen LogP contribution < -0.4 is 10.2 Å². The van der Waals surface area contributed by atoms with Crippen LogP contribution in [-0.2, 0) is 15.3 Å². The molecule has 3 amide bonds. The van der Waals surface area contributed by atoms with Crippen molar-refractivity contribution in [3.05, 3.63) is 65.2 Å². The molecule has 2 aliphatic rings. The molecule has 4 rings (SSSR count). The van der Waals surface area contributed by atoms with Crippen LogP contribution >= 0.6 is 11.8 Å². The van der Waals surface area contributed by atoms with E-state index in [1.54, 1.807) is 27.6 Å². The molecule has 0 aromatic heterocycles. The summed E-state index contributed by atoms with van der Waals surface area (Å²) < 4.78 is 0. The van der Waals surface area contributed by atoms with Gasteiger partial charge in [0.1, 0.15) is 5.66 Å². The van der Waals surface area contributed by atoms with Gasteiger partial charge in [0.15, 0.2) is 0 Å². The van der Waals surface area contributed by atoms with Crippen molar-refractivity contribution in [2.75, 3.05) is 23.7 Å². The third-order valence-corrected chi connectivity index (χ3v) is 7.50. The number of hydrogen-bond acceptors (Lipinski definition) is 5. The van der Waals surface area contributed by atoms with Gasteiger partial charge in [-0.2, -0.15) is 17.0 Å². The second-order valence-corrected chi connectivity index (χ2v) is 9.80. The van der Waals surface area contributed by atoms with Crippen LogP contribution in [-0.4, -0.2) is 47.1 Å². The van der Waals surface area contributed by atoms with Gasteiger partial charge in [0.25, 0.3) is 5.91 Å². The van der Waals surface area contributed by atoms with Gasteiger partial charge in [0, 0.05) is 37.4 Å². The van der Waals surface area contributed by atoms with Crippen LogP contribution in [0.3, 0.4) is 0 Å². The fraction of sp³-hybridized carbons (Fsp3) is 0.385. The lowest BCUT2D eigenvalue weighted by Crippen LogP contribution is -2.62. The van der Waals surface area contributed by atoms with E-state index in [0.717, 1.165) is 17.1 Å². The number of carbonyl (C=O) groups excluding carboxylic acids is 3. The van der Waals surface area contributed by atoms with Crippen molar-refractivity contribution in [3.63, 3.8) is 0 Å². The van der Waals surface area contributed by atoms with Gasteiger partial charge in [-0.3, -0.25) is 19.3 Å². The summed E-state index contributed by atoms with van der Waals surface area (Å²) in [6, 6.07) is 17.0. The van der Waals surface area contributed by atoms with Crippen molar-refractivity contribution < 1.29 is 14.4 Å². The molecular weight excluding hydrogens is 448 g/mol. The maximum atomic E-state index is 13.2. The van der Waals surface area contributed by atoms with E-state index in [4.69, 9.17) is 5.26 Å². The molecule has 1 N–H and O–H groups in total. The molecule has 1 fully saturated rings. The standard InChI is InChI=1S/C26H28N4O3S/c1-26-13-12-24(32)30(26)22-10-5-4-9-21(22)25(33)29(26)15-6-11-23(31)28-14-16-34-18-20-8-3-2-7-19(20)17-27/h2-5,7-10H,6,11-16,18H2,1H3,(H,28,31). The summed E-state index contributed by atoms with van der Waals surface area (Å²) in [6.45, 7) is 2.91. The molecule has 2 aromatic rings. The Kier molecular flexibility index (Phi) is 7.23. The average Bonchev–Trinajstić information content (AvgIpc) is 3.16. The predicted octanol–water partition coefficient (Wildman–Crippen LogP) is 3.69. The van der Waals surface area contributed by atoms with Gasteiger partial charge in [0.05, 0.1) is 22.9 Å². The molecule has 0 saturated carbocycles. The highest BCUT2D eigenvalue weighted by Gasteiger charge is 2.52. The highest BCUT2D eigenvalue weighted by molar-refractivity contribution is 7.98. The molecule has 0 bridgehead atoms. The molecule has 1 saturated heterocycles. The molecule has 34 heavy (non-hydrogen) atoms. The Labute approximate surface area is 204 Å². The summed E-state index contributed by atoms with van der Waals surface area (Å²) >= 11 is 1.67. The van der Waals surface area contributed by atoms with E-state index >= 15 is 0 Å². The highest BCUT2D eigenvalue weighted by atomic mass is 32.2. The minimum absolute atomic E-state index is 0.0279. The number of para-hydroxylation sites is 1. The summed E-state index contributed by atoms with van der Waals surface area (Å²) in [5.74, 6) is 1.37. The number of nitriles is 1. The number of nitrogens with zero attached hydrogens (tertiary/aromatic N) is 3. The fourth-order valence-electron chi connectivity index (χ4n) is 4.73. The first-order valence-electron chi connectivity index (χ1n) is 11.5. The maximum Gasteiger partial charge on any atom is 0.257 e. The van der Waals surface area contributed by atoms with E-state index in [2.05, 4.69) is 11.4 Å². The van der Waals surface area contributed by atoms with Crippen molar-refractivity contribution in [3.8, 4) is 6.07 Å². The SMILES string of the molecule is CC12CCC(=O)N1c1ccccc1C(=O)N2CCCC(=O)NCCSCc1ccccc1C#N. The lowest BCUT2D eigenvalue weighted by atomic mass is 9.98. The Balaban J connectivity index is 1.25. The summed E-state index contributed by atoms with van der Waals surface area (Å²) in [6.07, 6.45) is 1.84. The van der Waals surface area contributed by atoms with Gasteiger partial charge in [0.2, 0.25) is 11.8 Å². The number of rotatable bonds is 9. The molecule has 0 aliphatic carbocycles. The fourth-order valence-corrected chi connectivity index (χ4v) is 5.59. The summed E-state index contributed by atoms with van der Waals surface area (Å²) in [5, 5.41) is 12.1. The van der Waals surface area contributed by atoms with Crippen LogP contribution in [0.25, 0.3) is 0 Å². The Hall–Kier alpha value is -3.31. The number of nitrogens with one attached hydrogen (secondary N) is 1. The Morgan fingerprint density at radius 2 is 1.94 bits per heavy atom. The number of anilines is 1. The predicted molar refractivity (Wildman–Crippen MR) is 132 cm³/mol. The number of thioether (sulfide) groups is 1. The second kappa shape index (κ2) is 10.3. The van der Waals surface area contributed by atoms with Crippen LogP contribution in [0.15, 0.2) is 48.5 Å². The topological polar surface area (TPSA) is 93.5 Å². The van der Waals surface area contributed by atoms with Crippen molar-refractivity contribution in [2.45, 2.75) is 44.0 Å². The zero-order chi connectivity index (χ0) is 24.1. The zero-order valence-electron chi connectivity index (χ0n) is 19.3. The Morgan fingerprint density at radius 1 is 1.18 bits per heavy atom. The third kappa shape index (κ3) is 4.66. The van der Waals surface area contributed by atoms with Gasteiger partial charge in [-0.1, -0.05) is 30.3 Å². The van der Waals surface area contributed by atoms with Crippen molar-refractivity contribution in [2.24, 2.45) is 0 Å². The van der Waals surface area contributed by atoms with Gasteiger partial charge in [-0.05, 0) is 43.5 Å². The number of fused-ring (bicyclic) bond motifs is 3. The third-order valence-electron chi connectivity index (χ3n) is 6.50. The van der Waals surface area contributed by atoms with Gasteiger partial charge in [-0.15, -0.1) is 0 Å². The molecule has 2 aromatic carbocycles. The quantitative estimate of drug-likeness (QED) is 0.557. The van der Waals surface area contributed by atoms with Crippen LogP contribution in [0.1, 0.15) is 54.1 Å². The number of amides is 3. The van der Waals surface area contributed by atoms with Crippen LogP contribution in [0, 0.1) is 11.3 Å². The minimum Gasteiger partial charge on any atom is -0.355 e. The Morgan fingerprint density at radius 3 is 2.76 bits per heavy atom. The minimum atomic E-state index is -0.685. The van der Waals surface area contributed by atoms with E-state index in [9.17, 15) is 14.4 Å². The molecule has 2 aliphatic heterocycles. The van der Waals surface area contributed by atoms with Gasteiger partial charge in [-0.25, -0.2) is 0 Å². The maximum absolute atomic E-state index is 13.2. The molecule has 1 unspecified atom stereocenters. The molecule has 1 atom stereocenters. The van der Waals surface area contributed by atoms with E-state index < -0.39 is 5.66 Å². The van der Waals surface area contributed by atoms with E-state index in [-0.39, 0.29) is 17.7 Å². The van der Waals surface area contributed by atoms with Crippen molar-refractivity contribution in [1.82, 2.24) is 10.2 Å². The summed E-state index contributed by atoms with van der Waals surface area (Å²) in [5.41, 5.74) is 2.22. The summed E-state index contributed by atoms with van der Waals surface area (Å²) in [7, 11) is 0. The van der Waals surface area contributed by atoms with Crippen molar-refractivity contribution in [1.29, 1.82) is 5.26 Å². The van der Waals surface area contributed by atoms with Crippen LogP contribution in [0.5, 0.6) is 0 Å². The number of benzene rings is 2. The van der Waals surface area contributed by atoms with Crippen LogP contribution in [0.2, 0.25) is 0 Å². The van der Waals surface area contributed by atoms with E-state index in [1.165, 1.54) is 0 Å². The average molecular weight is 477 g/mol. The first-order chi connectivity index (χ1) is 16.5. The van der Waals surface area contributed by atoms with Crippen LogP contribution in [0.4, 0.5) is 5.69 Å². The molecule has 0 radical (unpaired) electrons. The number of hydrogen-bond donors (Lipinski definition) is 1. The molecule has 7 nitrogen and oxygen atoms in total. The molecule has 0 spiro atoms. The van der Waals surface area contributed by atoms with Gasteiger partial charge >= 0.3 is 0 Å². The van der Waals surface area contributed by atoms with E-state index in [1.807, 2.05) is 49.4 Å². The smallest absolute Gasteiger partial charge is 0.257 e. The first-order valence-corrected chi connectivity index (χ1v) is 12.7. The Bertz CT molecular complexity index is 1140.